The van der Waals surface area contributed by atoms with E-state index in [1.165, 1.54) is 12.4 Å². The molecule has 0 unspecified atom stereocenters. The molecule has 0 aliphatic heterocycles. The van der Waals surface area contributed by atoms with Crippen molar-refractivity contribution in [3.8, 4) is 5.75 Å². The quantitative estimate of drug-likeness (QED) is 0.404. The number of likely N-dealkylation sites (N-methyl/N-ethyl adjacent to an activating group) is 1. The van der Waals surface area contributed by atoms with Crippen molar-refractivity contribution in [2.45, 2.75) is 13.0 Å². The average molecular weight is 450 g/mol. The summed E-state index contributed by atoms with van der Waals surface area (Å²) in [6.45, 7) is 2.87. The van der Waals surface area contributed by atoms with Crippen molar-refractivity contribution in [1.82, 2.24) is 14.9 Å². The van der Waals surface area contributed by atoms with Crippen molar-refractivity contribution in [1.29, 1.82) is 0 Å². The van der Waals surface area contributed by atoms with Gasteiger partial charge in [0.25, 0.3) is 0 Å². The van der Waals surface area contributed by atoms with Crippen LogP contribution in [0.1, 0.15) is 18.5 Å². The smallest absolute Gasteiger partial charge is 0.330 e. The lowest BCUT2D eigenvalue weighted by molar-refractivity contribution is -0.138. The minimum absolute atomic E-state index is 0.309. The van der Waals surface area contributed by atoms with E-state index in [-0.39, 0.29) is 5.91 Å². The second-order valence-electron chi connectivity index (χ2n) is 7.50. The zero-order chi connectivity index (χ0) is 23.8. The normalized spacial score (nSPS) is 12.1. The first kappa shape index (κ1) is 23.7. The molecular formula is C24H27N5O4. The fraction of sp³-hybridized carbons (Fsp3) is 0.250. The number of nitrogens with one attached hydrogen (secondary N) is 2. The van der Waals surface area contributed by atoms with E-state index in [1.807, 2.05) is 32.0 Å². The number of amides is 1. The van der Waals surface area contributed by atoms with Crippen LogP contribution in [-0.2, 0) is 9.59 Å². The molecule has 0 bridgehead atoms. The highest BCUT2D eigenvalue weighted by Crippen LogP contribution is 2.33. The van der Waals surface area contributed by atoms with Gasteiger partial charge in [0.05, 0.1) is 17.8 Å². The molecule has 3 aromatic rings. The van der Waals surface area contributed by atoms with Crippen LogP contribution in [0.3, 0.4) is 0 Å². The third-order valence-electron chi connectivity index (χ3n) is 4.70. The predicted octanol–water partition coefficient (Wildman–Crippen LogP) is 3.32. The molecule has 9 nitrogen and oxygen atoms in total. The van der Waals surface area contributed by atoms with E-state index in [9.17, 15) is 14.7 Å². The molecular weight excluding hydrogens is 422 g/mol. The van der Waals surface area contributed by atoms with Crippen molar-refractivity contribution in [2.24, 2.45) is 0 Å². The van der Waals surface area contributed by atoms with Gasteiger partial charge in [-0.05, 0) is 32.6 Å². The highest BCUT2D eigenvalue weighted by atomic mass is 16.5. The molecule has 1 amide bonds. The molecule has 0 fully saturated rings. The Labute approximate surface area is 192 Å². The summed E-state index contributed by atoms with van der Waals surface area (Å²) in [5.41, 5.74) is 1.57. The van der Waals surface area contributed by atoms with E-state index in [0.29, 0.717) is 46.9 Å². The Balaban J connectivity index is 1.98. The van der Waals surface area contributed by atoms with Crippen LogP contribution in [0, 0.1) is 0 Å². The minimum Gasteiger partial charge on any atom is -0.492 e. The number of hydrogen-bond donors (Lipinski definition) is 3. The number of carboxylic acid groups (broad SMARTS) is 1. The molecule has 9 heteroatoms. The van der Waals surface area contributed by atoms with Gasteiger partial charge in [-0.1, -0.05) is 36.4 Å². The lowest BCUT2D eigenvalue weighted by Gasteiger charge is -2.18. The van der Waals surface area contributed by atoms with Gasteiger partial charge in [0.15, 0.2) is 6.04 Å². The number of carbonyl (C=O) groups excluding carboxylic acids is 1. The van der Waals surface area contributed by atoms with Crippen LogP contribution in [0.2, 0.25) is 0 Å². The van der Waals surface area contributed by atoms with E-state index in [2.05, 4.69) is 20.6 Å². The Morgan fingerprint density at radius 1 is 1.18 bits per heavy atom. The number of ether oxygens (including phenoxy) is 1. The van der Waals surface area contributed by atoms with Crippen LogP contribution in [0.15, 0.2) is 60.9 Å². The molecule has 0 saturated heterocycles. The van der Waals surface area contributed by atoms with Crippen LogP contribution in [0.25, 0.3) is 10.9 Å². The number of hydrogen-bond acceptors (Lipinski definition) is 7. The van der Waals surface area contributed by atoms with E-state index in [1.54, 1.807) is 42.5 Å². The van der Waals surface area contributed by atoms with Gasteiger partial charge in [-0.25, -0.2) is 14.8 Å². The number of nitrogens with zero attached hydrogens (tertiary/aromatic N) is 3. The highest BCUT2D eigenvalue weighted by molar-refractivity contribution is 6.03. The largest absolute Gasteiger partial charge is 0.492 e. The Morgan fingerprint density at radius 2 is 1.94 bits per heavy atom. The van der Waals surface area contributed by atoms with Gasteiger partial charge in [0, 0.05) is 24.1 Å². The molecule has 0 saturated carbocycles. The standard InChI is InChI=1S/C24H27N5O4/c1-4-33-20-14-18-17(13-19(20)27-21(30)11-8-12-29(2)3)23(26-15-25-18)28-22(24(31)32)16-9-6-5-7-10-16/h5-11,13-15,22H,4,12H2,1-3H3,(H,27,30)(H,31,32)(H,25,26,28)/b11-8+/t22-/m0/s1. The molecule has 1 atom stereocenters. The minimum atomic E-state index is -1.04. The fourth-order valence-electron chi connectivity index (χ4n) is 3.19. The number of aliphatic carboxylic acids is 1. The number of benzene rings is 2. The molecule has 3 N–H and O–H groups in total. The average Bonchev–Trinajstić information content (AvgIpc) is 2.78. The van der Waals surface area contributed by atoms with Crippen molar-refractivity contribution < 1.29 is 19.4 Å². The number of rotatable bonds is 10. The first-order chi connectivity index (χ1) is 15.9. The van der Waals surface area contributed by atoms with E-state index >= 15 is 0 Å². The Morgan fingerprint density at radius 3 is 2.61 bits per heavy atom. The summed E-state index contributed by atoms with van der Waals surface area (Å²) in [6.07, 6.45) is 4.56. The molecule has 33 heavy (non-hydrogen) atoms. The Bertz CT molecular complexity index is 1150. The van der Waals surface area contributed by atoms with Crippen molar-refractivity contribution >= 4 is 34.3 Å². The third kappa shape index (κ3) is 6.27. The molecule has 0 spiro atoms. The first-order valence-electron chi connectivity index (χ1n) is 10.5. The lowest BCUT2D eigenvalue weighted by atomic mass is 10.1. The summed E-state index contributed by atoms with van der Waals surface area (Å²) in [6, 6.07) is 11.2. The first-order valence-corrected chi connectivity index (χ1v) is 10.5. The van der Waals surface area contributed by atoms with Crippen LogP contribution in [-0.4, -0.2) is 59.1 Å². The Kier molecular flexibility index (Phi) is 7.93. The van der Waals surface area contributed by atoms with Crippen LogP contribution in [0.4, 0.5) is 11.5 Å². The molecule has 172 valence electrons. The molecule has 3 rings (SSSR count). The van der Waals surface area contributed by atoms with Crippen molar-refractivity contribution in [2.75, 3.05) is 37.9 Å². The highest BCUT2D eigenvalue weighted by Gasteiger charge is 2.21. The molecule has 0 radical (unpaired) electrons. The topological polar surface area (TPSA) is 117 Å². The molecule has 0 aliphatic carbocycles. The number of anilines is 2. The second-order valence-corrected chi connectivity index (χ2v) is 7.50. The summed E-state index contributed by atoms with van der Waals surface area (Å²) in [4.78, 5) is 34.9. The zero-order valence-electron chi connectivity index (χ0n) is 18.8. The zero-order valence-corrected chi connectivity index (χ0v) is 18.8. The van der Waals surface area contributed by atoms with Gasteiger partial charge in [-0.15, -0.1) is 0 Å². The maximum absolute atomic E-state index is 12.4. The molecule has 1 heterocycles. The lowest BCUT2D eigenvalue weighted by Crippen LogP contribution is -2.21. The van der Waals surface area contributed by atoms with Crippen molar-refractivity contribution in [3.05, 3.63) is 66.5 Å². The summed E-state index contributed by atoms with van der Waals surface area (Å²) in [5.74, 6) is -0.561. The van der Waals surface area contributed by atoms with Gasteiger partial charge < -0.3 is 25.4 Å². The molecule has 0 aliphatic rings. The van der Waals surface area contributed by atoms with Gasteiger partial charge in [0.1, 0.15) is 17.9 Å². The van der Waals surface area contributed by atoms with Crippen LogP contribution < -0.4 is 15.4 Å². The molecule has 2 aromatic carbocycles. The third-order valence-corrected chi connectivity index (χ3v) is 4.70. The van der Waals surface area contributed by atoms with Crippen LogP contribution >= 0.6 is 0 Å². The summed E-state index contributed by atoms with van der Waals surface area (Å²) in [5, 5.41) is 16.1. The number of fused-ring (bicyclic) bond motifs is 1. The van der Waals surface area contributed by atoms with Gasteiger partial charge in [-0.2, -0.15) is 0 Å². The monoisotopic (exact) mass is 449 g/mol. The van der Waals surface area contributed by atoms with Gasteiger partial charge in [0.2, 0.25) is 5.91 Å². The van der Waals surface area contributed by atoms with Gasteiger partial charge >= 0.3 is 5.97 Å². The number of carboxylic acids is 1. The SMILES string of the molecule is CCOc1cc2ncnc(N[C@H](C(=O)O)c3ccccc3)c2cc1NC(=O)/C=C/CN(C)C. The van der Waals surface area contributed by atoms with E-state index in [0.717, 1.165) is 0 Å². The summed E-state index contributed by atoms with van der Waals surface area (Å²) >= 11 is 0. The van der Waals surface area contributed by atoms with Gasteiger partial charge in [-0.3, -0.25) is 4.79 Å². The van der Waals surface area contributed by atoms with Crippen LogP contribution in [0.5, 0.6) is 5.75 Å². The van der Waals surface area contributed by atoms with Crippen molar-refractivity contribution in [3.63, 3.8) is 0 Å². The predicted molar refractivity (Wildman–Crippen MR) is 127 cm³/mol. The second kappa shape index (κ2) is 11.1. The Hall–Kier alpha value is -3.98. The summed E-state index contributed by atoms with van der Waals surface area (Å²) < 4.78 is 5.70. The molecule has 1 aromatic heterocycles. The summed E-state index contributed by atoms with van der Waals surface area (Å²) in [7, 11) is 3.82. The van der Waals surface area contributed by atoms with E-state index < -0.39 is 12.0 Å². The maximum Gasteiger partial charge on any atom is 0.330 e. The fourth-order valence-corrected chi connectivity index (χ4v) is 3.19. The number of carbonyl (C=O) groups is 2. The van der Waals surface area contributed by atoms with E-state index in [4.69, 9.17) is 4.74 Å². The maximum atomic E-state index is 12.4. The number of aromatic nitrogens is 2.